The SMILES string of the molecule is COc1ccc(N(N)CC(C)=O)cc1. The van der Waals surface area contributed by atoms with E-state index in [4.69, 9.17) is 10.6 Å². The Morgan fingerprint density at radius 1 is 1.43 bits per heavy atom. The molecule has 0 aromatic heterocycles. The second-order valence-electron chi connectivity index (χ2n) is 3.03. The highest BCUT2D eigenvalue weighted by molar-refractivity contribution is 5.80. The van der Waals surface area contributed by atoms with Crippen molar-refractivity contribution in [3.63, 3.8) is 0 Å². The Balaban J connectivity index is 2.71. The van der Waals surface area contributed by atoms with E-state index in [0.717, 1.165) is 11.4 Å². The molecule has 1 aromatic carbocycles. The maximum absolute atomic E-state index is 10.8. The molecule has 0 atom stereocenters. The Labute approximate surface area is 83.2 Å². The van der Waals surface area contributed by atoms with Crippen LogP contribution in [0.15, 0.2) is 24.3 Å². The molecule has 0 spiro atoms. The molecule has 4 heteroatoms. The van der Waals surface area contributed by atoms with Crippen molar-refractivity contribution in [3.05, 3.63) is 24.3 Å². The van der Waals surface area contributed by atoms with Gasteiger partial charge in [0.25, 0.3) is 0 Å². The zero-order valence-corrected chi connectivity index (χ0v) is 8.36. The Kier molecular flexibility index (Phi) is 3.48. The van der Waals surface area contributed by atoms with E-state index in [1.165, 1.54) is 11.9 Å². The van der Waals surface area contributed by atoms with E-state index in [-0.39, 0.29) is 12.3 Å². The molecule has 0 fully saturated rings. The minimum Gasteiger partial charge on any atom is -0.497 e. The predicted molar refractivity (Wildman–Crippen MR) is 55.2 cm³/mol. The third-order valence-electron chi connectivity index (χ3n) is 1.80. The molecule has 1 rings (SSSR count). The summed E-state index contributed by atoms with van der Waals surface area (Å²) in [6, 6.07) is 7.22. The number of hydrogen-bond donors (Lipinski definition) is 1. The summed E-state index contributed by atoms with van der Waals surface area (Å²) in [5, 5.41) is 1.40. The van der Waals surface area contributed by atoms with Gasteiger partial charge in [0.1, 0.15) is 5.75 Å². The van der Waals surface area contributed by atoms with E-state index >= 15 is 0 Å². The van der Waals surface area contributed by atoms with Gasteiger partial charge in [0.05, 0.1) is 19.3 Å². The van der Waals surface area contributed by atoms with Crippen molar-refractivity contribution in [2.24, 2.45) is 5.84 Å². The Hall–Kier alpha value is -1.55. The quantitative estimate of drug-likeness (QED) is 0.573. The van der Waals surface area contributed by atoms with Crippen LogP contribution in [0.25, 0.3) is 0 Å². The van der Waals surface area contributed by atoms with Gasteiger partial charge in [-0.15, -0.1) is 0 Å². The summed E-state index contributed by atoms with van der Waals surface area (Å²) in [6.07, 6.45) is 0. The van der Waals surface area contributed by atoms with E-state index in [2.05, 4.69) is 0 Å². The van der Waals surface area contributed by atoms with Crippen LogP contribution >= 0.6 is 0 Å². The predicted octanol–water partition coefficient (Wildman–Crippen LogP) is 0.964. The summed E-state index contributed by atoms with van der Waals surface area (Å²) in [7, 11) is 1.60. The lowest BCUT2D eigenvalue weighted by Crippen LogP contribution is -2.35. The van der Waals surface area contributed by atoms with Gasteiger partial charge in [-0.05, 0) is 31.2 Å². The van der Waals surface area contributed by atoms with Gasteiger partial charge in [-0.25, -0.2) is 5.84 Å². The molecular weight excluding hydrogens is 180 g/mol. The highest BCUT2D eigenvalue weighted by Gasteiger charge is 2.03. The van der Waals surface area contributed by atoms with Gasteiger partial charge in [0.15, 0.2) is 5.78 Å². The van der Waals surface area contributed by atoms with E-state index in [1.807, 2.05) is 12.1 Å². The largest absolute Gasteiger partial charge is 0.497 e. The zero-order chi connectivity index (χ0) is 10.6. The molecule has 1 aromatic rings. The smallest absolute Gasteiger partial charge is 0.150 e. The van der Waals surface area contributed by atoms with Crippen LogP contribution in [0.1, 0.15) is 6.92 Å². The molecule has 0 heterocycles. The number of methoxy groups -OCH3 is 1. The molecule has 0 bridgehead atoms. The number of Topliss-reactive ketones (excluding diaryl/α,β-unsaturated/α-hetero) is 1. The van der Waals surface area contributed by atoms with Crippen LogP contribution in [-0.2, 0) is 4.79 Å². The number of ether oxygens (including phenoxy) is 1. The fraction of sp³-hybridized carbons (Fsp3) is 0.300. The fourth-order valence-electron chi connectivity index (χ4n) is 1.10. The van der Waals surface area contributed by atoms with Crippen LogP contribution in [0.2, 0.25) is 0 Å². The summed E-state index contributed by atoms with van der Waals surface area (Å²) in [5.41, 5.74) is 0.793. The molecule has 0 amide bonds. The Morgan fingerprint density at radius 2 is 2.00 bits per heavy atom. The number of hydrazine groups is 1. The third kappa shape index (κ3) is 2.74. The molecule has 2 N–H and O–H groups in total. The second-order valence-corrected chi connectivity index (χ2v) is 3.03. The number of ketones is 1. The van der Waals surface area contributed by atoms with Crippen LogP contribution in [0, 0.1) is 0 Å². The van der Waals surface area contributed by atoms with Crippen LogP contribution in [-0.4, -0.2) is 19.4 Å². The van der Waals surface area contributed by atoms with Crippen molar-refractivity contribution >= 4 is 11.5 Å². The lowest BCUT2D eigenvalue weighted by Gasteiger charge is -2.16. The standard InChI is InChI=1S/C10H14N2O2/c1-8(13)7-12(11)9-3-5-10(14-2)6-4-9/h3-6H,7,11H2,1-2H3. The highest BCUT2D eigenvalue weighted by atomic mass is 16.5. The molecule has 0 unspecified atom stereocenters. The molecule has 76 valence electrons. The first-order chi connectivity index (χ1) is 6.63. The van der Waals surface area contributed by atoms with Gasteiger partial charge >= 0.3 is 0 Å². The van der Waals surface area contributed by atoms with Crippen molar-refractivity contribution in [3.8, 4) is 5.75 Å². The molecule has 0 aliphatic carbocycles. The molecule has 0 radical (unpaired) electrons. The van der Waals surface area contributed by atoms with Crippen LogP contribution in [0.5, 0.6) is 5.75 Å². The average molecular weight is 194 g/mol. The number of nitrogens with two attached hydrogens (primary N) is 1. The monoisotopic (exact) mass is 194 g/mol. The normalized spacial score (nSPS) is 9.64. The fourth-order valence-corrected chi connectivity index (χ4v) is 1.10. The van der Waals surface area contributed by atoms with E-state index in [1.54, 1.807) is 19.2 Å². The molecule has 14 heavy (non-hydrogen) atoms. The van der Waals surface area contributed by atoms with Gasteiger partial charge in [-0.3, -0.25) is 4.79 Å². The molecule has 0 saturated carbocycles. The molecule has 4 nitrogen and oxygen atoms in total. The minimum atomic E-state index is 0.0309. The summed E-state index contributed by atoms with van der Waals surface area (Å²) >= 11 is 0. The van der Waals surface area contributed by atoms with Crippen molar-refractivity contribution < 1.29 is 9.53 Å². The zero-order valence-electron chi connectivity index (χ0n) is 8.36. The first-order valence-electron chi connectivity index (χ1n) is 4.29. The molecular formula is C10H14N2O2. The number of benzene rings is 1. The minimum absolute atomic E-state index is 0.0309. The second kappa shape index (κ2) is 4.62. The summed E-state index contributed by atoms with van der Waals surface area (Å²) in [5.74, 6) is 6.46. The highest BCUT2D eigenvalue weighted by Crippen LogP contribution is 2.16. The molecule has 0 aliphatic rings. The first kappa shape index (κ1) is 10.5. The summed E-state index contributed by atoms with van der Waals surface area (Å²) in [4.78, 5) is 10.8. The van der Waals surface area contributed by atoms with Crippen molar-refractivity contribution in [1.29, 1.82) is 0 Å². The molecule has 0 aliphatic heterocycles. The average Bonchev–Trinajstić information content (AvgIpc) is 2.17. The summed E-state index contributed by atoms with van der Waals surface area (Å²) < 4.78 is 5.00. The lowest BCUT2D eigenvalue weighted by atomic mass is 10.3. The third-order valence-corrected chi connectivity index (χ3v) is 1.80. The van der Waals surface area contributed by atoms with Gasteiger partial charge in [-0.2, -0.15) is 0 Å². The van der Waals surface area contributed by atoms with Gasteiger partial charge in [0, 0.05) is 0 Å². The summed E-state index contributed by atoms with van der Waals surface area (Å²) in [6.45, 7) is 1.72. The maximum Gasteiger partial charge on any atom is 0.150 e. The van der Waals surface area contributed by atoms with Crippen molar-refractivity contribution in [1.82, 2.24) is 0 Å². The number of carbonyl (C=O) groups excluding carboxylic acids is 1. The van der Waals surface area contributed by atoms with E-state index < -0.39 is 0 Å². The number of nitrogens with zero attached hydrogens (tertiary/aromatic N) is 1. The number of anilines is 1. The lowest BCUT2D eigenvalue weighted by molar-refractivity contribution is -0.115. The maximum atomic E-state index is 10.8. The van der Waals surface area contributed by atoms with E-state index in [9.17, 15) is 4.79 Å². The van der Waals surface area contributed by atoms with Crippen LogP contribution < -0.4 is 15.6 Å². The van der Waals surface area contributed by atoms with E-state index in [0.29, 0.717) is 0 Å². The number of carbonyl (C=O) groups is 1. The Bertz CT molecular complexity index is 308. The molecule has 0 saturated heterocycles. The number of rotatable bonds is 4. The topological polar surface area (TPSA) is 55.6 Å². The van der Waals surface area contributed by atoms with Crippen LogP contribution in [0.4, 0.5) is 5.69 Å². The number of hydrogen-bond acceptors (Lipinski definition) is 4. The van der Waals surface area contributed by atoms with Crippen molar-refractivity contribution in [2.45, 2.75) is 6.92 Å². The Morgan fingerprint density at radius 3 is 2.43 bits per heavy atom. The van der Waals surface area contributed by atoms with Gasteiger partial charge in [0.2, 0.25) is 0 Å². The van der Waals surface area contributed by atoms with Gasteiger partial charge in [-0.1, -0.05) is 0 Å². The van der Waals surface area contributed by atoms with Gasteiger partial charge < -0.3 is 9.75 Å². The van der Waals surface area contributed by atoms with Crippen LogP contribution in [0.3, 0.4) is 0 Å². The van der Waals surface area contributed by atoms with Crippen molar-refractivity contribution in [2.75, 3.05) is 18.7 Å². The first-order valence-corrected chi connectivity index (χ1v) is 4.29.